The van der Waals surface area contributed by atoms with Crippen LogP contribution in [0.4, 0.5) is 0 Å². The molecule has 0 bridgehead atoms. The van der Waals surface area contributed by atoms with Crippen LogP contribution < -0.4 is 5.32 Å². The second kappa shape index (κ2) is 10.0. The number of hydrogen-bond acceptors (Lipinski definition) is 2. The van der Waals surface area contributed by atoms with Gasteiger partial charge in [-0.15, -0.1) is 0 Å². The van der Waals surface area contributed by atoms with Crippen molar-refractivity contribution in [3.8, 4) is 0 Å². The van der Waals surface area contributed by atoms with Crippen molar-refractivity contribution in [2.24, 2.45) is 5.92 Å². The van der Waals surface area contributed by atoms with Gasteiger partial charge in [-0.05, 0) is 38.3 Å². The Bertz CT molecular complexity index is 318. The van der Waals surface area contributed by atoms with Gasteiger partial charge in [-0.3, -0.25) is 0 Å². The van der Waals surface area contributed by atoms with E-state index in [4.69, 9.17) is 0 Å². The largest absolute Gasteiger partial charge is 0.335 e. The summed E-state index contributed by atoms with van der Waals surface area (Å²) in [6.07, 6.45) is 11.6. The molecule has 0 radical (unpaired) electrons. The summed E-state index contributed by atoms with van der Waals surface area (Å²) < 4.78 is 2.32. The first-order chi connectivity index (χ1) is 9.24. The molecule has 1 rings (SSSR count). The molecule has 0 amide bonds. The Hall–Kier alpha value is -0.830. The van der Waals surface area contributed by atoms with E-state index in [1.54, 1.807) is 0 Å². The van der Waals surface area contributed by atoms with Crippen molar-refractivity contribution >= 4 is 0 Å². The summed E-state index contributed by atoms with van der Waals surface area (Å²) in [5.41, 5.74) is 0. The molecule has 0 saturated carbocycles. The van der Waals surface area contributed by atoms with Crippen LogP contribution in [0.25, 0.3) is 0 Å². The predicted molar refractivity (Wildman–Crippen MR) is 82.4 cm³/mol. The molecule has 0 aliphatic rings. The maximum absolute atomic E-state index is 4.41. The SMILES string of the molecule is CCCc1nccn1CCCCCCNCC(C)C. The molecule has 1 aromatic rings. The molecule has 1 aromatic heterocycles. The smallest absolute Gasteiger partial charge is 0.108 e. The van der Waals surface area contributed by atoms with Crippen molar-refractivity contribution < 1.29 is 0 Å². The van der Waals surface area contributed by atoms with Gasteiger partial charge in [-0.1, -0.05) is 33.6 Å². The van der Waals surface area contributed by atoms with Gasteiger partial charge in [0.2, 0.25) is 0 Å². The van der Waals surface area contributed by atoms with Gasteiger partial charge in [0.05, 0.1) is 0 Å². The summed E-state index contributed by atoms with van der Waals surface area (Å²) in [4.78, 5) is 4.41. The third-order valence-electron chi connectivity index (χ3n) is 3.33. The number of hydrogen-bond donors (Lipinski definition) is 1. The minimum absolute atomic E-state index is 0.762. The highest BCUT2D eigenvalue weighted by Gasteiger charge is 2.00. The first kappa shape index (κ1) is 16.2. The van der Waals surface area contributed by atoms with Crippen molar-refractivity contribution in [3.63, 3.8) is 0 Å². The second-order valence-electron chi connectivity index (χ2n) is 5.80. The number of imidazole rings is 1. The van der Waals surface area contributed by atoms with Crippen molar-refractivity contribution in [1.82, 2.24) is 14.9 Å². The van der Waals surface area contributed by atoms with Crippen LogP contribution in [0.3, 0.4) is 0 Å². The summed E-state index contributed by atoms with van der Waals surface area (Å²) in [6, 6.07) is 0. The zero-order valence-corrected chi connectivity index (χ0v) is 13.0. The molecule has 19 heavy (non-hydrogen) atoms. The zero-order valence-electron chi connectivity index (χ0n) is 13.0. The van der Waals surface area contributed by atoms with Crippen LogP contribution in [-0.4, -0.2) is 22.6 Å². The molecule has 1 N–H and O–H groups in total. The average Bonchev–Trinajstić information content (AvgIpc) is 2.80. The van der Waals surface area contributed by atoms with Gasteiger partial charge >= 0.3 is 0 Å². The third-order valence-corrected chi connectivity index (χ3v) is 3.33. The summed E-state index contributed by atoms with van der Waals surface area (Å²) >= 11 is 0. The normalized spacial score (nSPS) is 11.4. The van der Waals surface area contributed by atoms with Crippen LogP contribution >= 0.6 is 0 Å². The minimum atomic E-state index is 0.762. The van der Waals surface area contributed by atoms with Crippen LogP contribution in [0, 0.1) is 5.92 Å². The lowest BCUT2D eigenvalue weighted by Crippen LogP contribution is -2.20. The Balaban J connectivity index is 2.00. The fourth-order valence-corrected chi connectivity index (χ4v) is 2.27. The molecule has 110 valence electrons. The van der Waals surface area contributed by atoms with Crippen molar-refractivity contribution in [2.45, 2.75) is 65.8 Å². The minimum Gasteiger partial charge on any atom is -0.335 e. The number of aromatic nitrogens is 2. The first-order valence-corrected chi connectivity index (χ1v) is 7.94. The van der Waals surface area contributed by atoms with Crippen LogP contribution in [-0.2, 0) is 13.0 Å². The highest BCUT2D eigenvalue weighted by atomic mass is 15.1. The van der Waals surface area contributed by atoms with Crippen LogP contribution in [0.1, 0.15) is 58.7 Å². The Morgan fingerprint density at radius 2 is 2.00 bits per heavy atom. The number of aryl methyl sites for hydroxylation is 2. The maximum Gasteiger partial charge on any atom is 0.108 e. The fourth-order valence-electron chi connectivity index (χ4n) is 2.27. The number of nitrogens with one attached hydrogen (secondary N) is 1. The van der Waals surface area contributed by atoms with E-state index in [0.717, 1.165) is 25.4 Å². The fraction of sp³-hybridized carbons (Fsp3) is 0.812. The molecule has 0 saturated heterocycles. The van der Waals surface area contributed by atoms with E-state index in [2.05, 4.69) is 41.8 Å². The Kier molecular flexibility index (Phi) is 8.55. The Labute approximate surface area is 118 Å². The summed E-state index contributed by atoms with van der Waals surface area (Å²) in [7, 11) is 0. The van der Waals surface area contributed by atoms with Crippen LogP contribution in [0.2, 0.25) is 0 Å². The quantitative estimate of drug-likeness (QED) is 0.619. The molecule has 0 aromatic carbocycles. The van der Waals surface area contributed by atoms with Gasteiger partial charge in [0.25, 0.3) is 0 Å². The Morgan fingerprint density at radius 1 is 1.21 bits per heavy atom. The maximum atomic E-state index is 4.41. The number of unbranched alkanes of at least 4 members (excludes halogenated alkanes) is 3. The molecule has 0 spiro atoms. The highest BCUT2D eigenvalue weighted by Crippen LogP contribution is 2.06. The predicted octanol–water partition coefficient (Wildman–Crippen LogP) is 3.64. The van der Waals surface area contributed by atoms with Gasteiger partial charge < -0.3 is 9.88 Å². The average molecular weight is 265 g/mol. The van der Waals surface area contributed by atoms with Gasteiger partial charge in [-0.2, -0.15) is 0 Å². The van der Waals surface area contributed by atoms with Crippen molar-refractivity contribution in [3.05, 3.63) is 18.2 Å². The molecule has 0 aliphatic heterocycles. The van der Waals surface area contributed by atoms with E-state index in [-0.39, 0.29) is 0 Å². The summed E-state index contributed by atoms with van der Waals surface area (Å²) in [6.45, 7) is 10.2. The summed E-state index contributed by atoms with van der Waals surface area (Å²) in [5, 5.41) is 3.50. The first-order valence-electron chi connectivity index (χ1n) is 7.94. The molecule has 0 fully saturated rings. The molecule has 0 unspecified atom stereocenters. The van der Waals surface area contributed by atoms with E-state index in [9.17, 15) is 0 Å². The molecule has 3 nitrogen and oxygen atoms in total. The van der Waals surface area contributed by atoms with E-state index in [1.165, 1.54) is 44.5 Å². The lowest BCUT2D eigenvalue weighted by molar-refractivity contribution is 0.512. The second-order valence-corrected chi connectivity index (χ2v) is 5.80. The summed E-state index contributed by atoms with van der Waals surface area (Å²) in [5.74, 6) is 2.01. The molecule has 0 atom stereocenters. The lowest BCUT2D eigenvalue weighted by Gasteiger charge is -2.08. The zero-order chi connectivity index (χ0) is 13.9. The third kappa shape index (κ3) is 7.36. The number of rotatable bonds is 11. The molecular formula is C16H31N3. The van der Waals surface area contributed by atoms with Crippen LogP contribution in [0.15, 0.2) is 12.4 Å². The lowest BCUT2D eigenvalue weighted by atomic mass is 10.2. The van der Waals surface area contributed by atoms with Crippen molar-refractivity contribution in [1.29, 1.82) is 0 Å². The van der Waals surface area contributed by atoms with E-state index in [1.807, 2.05) is 6.20 Å². The van der Waals surface area contributed by atoms with Crippen molar-refractivity contribution in [2.75, 3.05) is 13.1 Å². The molecule has 0 aliphatic carbocycles. The monoisotopic (exact) mass is 265 g/mol. The van der Waals surface area contributed by atoms with Gasteiger partial charge in [0.1, 0.15) is 5.82 Å². The van der Waals surface area contributed by atoms with E-state index >= 15 is 0 Å². The Morgan fingerprint density at radius 3 is 2.74 bits per heavy atom. The van der Waals surface area contributed by atoms with Gasteiger partial charge in [-0.25, -0.2) is 4.98 Å². The van der Waals surface area contributed by atoms with Gasteiger partial charge in [0, 0.05) is 25.4 Å². The molecule has 1 heterocycles. The van der Waals surface area contributed by atoms with Crippen LogP contribution in [0.5, 0.6) is 0 Å². The van der Waals surface area contributed by atoms with E-state index in [0.29, 0.717) is 0 Å². The molecule has 3 heteroatoms. The topological polar surface area (TPSA) is 29.9 Å². The van der Waals surface area contributed by atoms with Gasteiger partial charge in [0.15, 0.2) is 0 Å². The molecular weight excluding hydrogens is 234 g/mol. The highest BCUT2D eigenvalue weighted by molar-refractivity contribution is 4.92. The standard InChI is InChI=1S/C16H31N3/c1-4-9-16-18-11-13-19(16)12-8-6-5-7-10-17-14-15(2)3/h11,13,15,17H,4-10,12,14H2,1-3H3. The van der Waals surface area contributed by atoms with E-state index < -0.39 is 0 Å². The number of nitrogens with zero attached hydrogens (tertiary/aromatic N) is 2.